The van der Waals surface area contributed by atoms with E-state index in [1.807, 2.05) is 0 Å². The molecule has 7 heteroatoms. The van der Waals surface area contributed by atoms with Gasteiger partial charge in [-0.05, 0) is 12.5 Å². The number of rotatable bonds is 7. The Morgan fingerprint density at radius 1 is 1.29 bits per heavy atom. The standard InChI is InChI=1S/C14H19NO6/c1-4-5-10(13(16)17)21-14(18)9-6-8(19-2)7-11(20-3)12(9)15/h6-7,10H,4-5,15H2,1-3H3,(H,16,17). The van der Waals surface area contributed by atoms with Crippen LogP contribution in [0.1, 0.15) is 30.1 Å². The number of anilines is 1. The molecule has 1 aromatic carbocycles. The number of ether oxygens (including phenoxy) is 3. The zero-order valence-corrected chi connectivity index (χ0v) is 12.2. The van der Waals surface area contributed by atoms with Crippen LogP contribution >= 0.6 is 0 Å². The normalized spacial score (nSPS) is 11.6. The monoisotopic (exact) mass is 297 g/mol. The molecule has 0 radical (unpaired) electrons. The summed E-state index contributed by atoms with van der Waals surface area (Å²) in [6.07, 6.45) is -0.414. The van der Waals surface area contributed by atoms with Gasteiger partial charge in [0.05, 0.1) is 25.5 Å². The van der Waals surface area contributed by atoms with Gasteiger partial charge in [0.2, 0.25) is 0 Å². The fraction of sp³-hybridized carbons (Fsp3) is 0.429. The third kappa shape index (κ3) is 4.01. The maximum absolute atomic E-state index is 12.1. The Labute approximate surface area is 122 Å². The van der Waals surface area contributed by atoms with Gasteiger partial charge in [0.1, 0.15) is 11.5 Å². The van der Waals surface area contributed by atoms with E-state index in [2.05, 4.69) is 0 Å². The lowest BCUT2D eigenvalue weighted by molar-refractivity contribution is -0.147. The van der Waals surface area contributed by atoms with Crippen molar-refractivity contribution in [3.8, 4) is 11.5 Å². The Hall–Kier alpha value is -2.44. The lowest BCUT2D eigenvalue weighted by Crippen LogP contribution is -2.27. The number of methoxy groups -OCH3 is 2. The largest absolute Gasteiger partial charge is 0.497 e. The summed E-state index contributed by atoms with van der Waals surface area (Å²) < 4.78 is 15.1. The van der Waals surface area contributed by atoms with Gasteiger partial charge in [-0.25, -0.2) is 9.59 Å². The molecule has 0 aliphatic carbocycles. The highest BCUT2D eigenvalue weighted by molar-refractivity contribution is 5.98. The van der Waals surface area contributed by atoms with Gasteiger partial charge < -0.3 is 25.1 Å². The molecule has 116 valence electrons. The average Bonchev–Trinajstić information content (AvgIpc) is 2.46. The highest BCUT2D eigenvalue weighted by atomic mass is 16.6. The number of carboxylic acids is 1. The number of nitrogens with two attached hydrogens (primary N) is 1. The Bertz CT molecular complexity index is 528. The third-order valence-electron chi connectivity index (χ3n) is 2.87. The van der Waals surface area contributed by atoms with Crippen molar-refractivity contribution < 1.29 is 28.9 Å². The first-order valence-corrected chi connectivity index (χ1v) is 6.39. The van der Waals surface area contributed by atoms with Crippen molar-refractivity contribution in [2.45, 2.75) is 25.9 Å². The first-order valence-electron chi connectivity index (χ1n) is 6.39. The van der Waals surface area contributed by atoms with Crippen LogP contribution in [0.25, 0.3) is 0 Å². The molecule has 0 heterocycles. The number of carbonyl (C=O) groups excluding carboxylic acids is 1. The number of hydrogen-bond acceptors (Lipinski definition) is 6. The van der Waals surface area contributed by atoms with Gasteiger partial charge >= 0.3 is 11.9 Å². The Morgan fingerprint density at radius 3 is 2.43 bits per heavy atom. The molecule has 0 bridgehead atoms. The Balaban J connectivity index is 3.08. The summed E-state index contributed by atoms with van der Waals surface area (Å²) in [5.74, 6) is -1.41. The lowest BCUT2D eigenvalue weighted by atomic mass is 10.1. The van der Waals surface area contributed by atoms with Crippen molar-refractivity contribution in [2.75, 3.05) is 20.0 Å². The molecule has 21 heavy (non-hydrogen) atoms. The van der Waals surface area contributed by atoms with Crippen LogP contribution in [0.2, 0.25) is 0 Å². The fourth-order valence-corrected chi connectivity index (χ4v) is 1.74. The van der Waals surface area contributed by atoms with Crippen LogP contribution in [0.4, 0.5) is 5.69 Å². The number of carbonyl (C=O) groups is 2. The highest BCUT2D eigenvalue weighted by Gasteiger charge is 2.24. The molecular weight excluding hydrogens is 278 g/mol. The minimum absolute atomic E-state index is 0.00792. The molecule has 0 fully saturated rings. The molecule has 0 aliphatic heterocycles. The van der Waals surface area contributed by atoms with Crippen molar-refractivity contribution in [1.29, 1.82) is 0 Å². The number of nitrogen functional groups attached to an aromatic ring is 1. The molecule has 1 rings (SSSR count). The molecule has 0 aromatic heterocycles. The fourth-order valence-electron chi connectivity index (χ4n) is 1.74. The van der Waals surface area contributed by atoms with Crippen molar-refractivity contribution >= 4 is 17.6 Å². The van der Waals surface area contributed by atoms with E-state index in [4.69, 9.17) is 25.1 Å². The maximum atomic E-state index is 12.1. The van der Waals surface area contributed by atoms with Crippen LogP contribution in [0.5, 0.6) is 11.5 Å². The van der Waals surface area contributed by atoms with Gasteiger partial charge in [0.15, 0.2) is 6.10 Å². The predicted molar refractivity (Wildman–Crippen MR) is 75.7 cm³/mol. The van der Waals surface area contributed by atoms with Crippen LogP contribution in [0.3, 0.4) is 0 Å². The van der Waals surface area contributed by atoms with E-state index in [0.717, 1.165) is 0 Å². The minimum atomic E-state index is -1.21. The van der Waals surface area contributed by atoms with E-state index in [9.17, 15) is 9.59 Å². The Kier molecular flexibility index (Phi) is 5.83. The van der Waals surface area contributed by atoms with Gasteiger partial charge in [-0.2, -0.15) is 0 Å². The summed E-state index contributed by atoms with van der Waals surface area (Å²) in [4.78, 5) is 23.1. The molecule has 0 spiro atoms. The zero-order chi connectivity index (χ0) is 16.0. The van der Waals surface area contributed by atoms with E-state index in [1.54, 1.807) is 6.92 Å². The summed E-state index contributed by atoms with van der Waals surface area (Å²) in [7, 11) is 2.83. The molecule has 0 saturated heterocycles. The van der Waals surface area contributed by atoms with E-state index >= 15 is 0 Å². The number of aliphatic carboxylic acids is 1. The first kappa shape index (κ1) is 16.6. The average molecular weight is 297 g/mol. The van der Waals surface area contributed by atoms with Gasteiger partial charge in [0, 0.05) is 6.07 Å². The topological polar surface area (TPSA) is 108 Å². The number of carboxylic acid groups (broad SMARTS) is 1. The number of esters is 1. The van der Waals surface area contributed by atoms with Gasteiger partial charge in [-0.15, -0.1) is 0 Å². The molecule has 0 saturated carbocycles. The highest BCUT2D eigenvalue weighted by Crippen LogP contribution is 2.31. The number of hydrogen-bond donors (Lipinski definition) is 2. The van der Waals surface area contributed by atoms with Crippen molar-refractivity contribution in [3.05, 3.63) is 17.7 Å². The molecule has 0 amide bonds. The second-order valence-corrected chi connectivity index (χ2v) is 4.31. The molecule has 1 unspecified atom stereocenters. The van der Waals surface area contributed by atoms with E-state index in [1.165, 1.54) is 26.4 Å². The van der Waals surface area contributed by atoms with E-state index < -0.39 is 18.0 Å². The lowest BCUT2D eigenvalue weighted by Gasteiger charge is -2.15. The van der Waals surface area contributed by atoms with Crippen LogP contribution in [0, 0.1) is 0 Å². The van der Waals surface area contributed by atoms with E-state index in [-0.39, 0.29) is 23.4 Å². The summed E-state index contributed by atoms with van der Waals surface area (Å²) >= 11 is 0. The first-order chi connectivity index (χ1) is 9.94. The van der Waals surface area contributed by atoms with Gasteiger partial charge in [-0.3, -0.25) is 0 Å². The SMILES string of the molecule is CCCC(OC(=O)c1cc(OC)cc(OC)c1N)C(=O)O. The minimum Gasteiger partial charge on any atom is -0.497 e. The van der Waals surface area contributed by atoms with Crippen LogP contribution in [0.15, 0.2) is 12.1 Å². The molecule has 0 aliphatic rings. The second kappa shape index (κ2) is 7.37. The van der Waals surface area contributed by atoms with Crippen LogP contribution in [-0.2, 0) is 9.53 Å². The van der Waals surface area contributed by atoms with Crippen molar-refractivity contribution in [2.24, 2.45) is 0 Å². The van der Waals surface area contributed by atoms with Gasteiger partial charge in [0.25, 0.3) is 0 Å². The molecule has 1 atom stereocenters. The molecule has 1 aromatic rings. The van der Waals surface area contributed by atoms with E-state index in [0.29, 0.717) is 12.2 Å². The third-order valence-corrected chi connectivity index (χ3v) is 2.87. The Morgan fingerprint density at radius 2 is 1.95 bits per heavy atom. The van der Waals surface area contributed by atoms with Crippen LogP contribution < -0.4 is 15.2 Å². The zero-order valence-electron chi connectivity index (χ0n) is 12.2. The summed E-state index contributed by atoms with van der Waals surface area (Å²) in [6.45, 7) is 1.80. The molecule has 3 N–H and O–H groups in total. The quantitative estimate of drug-likeness (QED) is 0.582. The maximum Gasteiger partial charge on any atom is 0.345 e. The number of benzene rings is 1. The van der Waals surface area contributed by atoms with Crippen molar-refractivity contribution in [3.63, 3.8) is 0 Å². The smallest absolute Gasteiger partial charge is 0.345 e. The predicted octanol–water partition coefficient (Wildman–Crippen LogP) is 1.70. The van der Waals surface area contributed by atoms with Crippen LogP contribution in [-0.4, -0.2) is 37.4 Å². The second-order valence-electron chi connectivity index (χ2n) is 4.31. The van der Waals surface area contributed by atoms with Gasteiger partial charge in [-0.1, -0.05) is 13.3 Å². The molecule has 7 nitrogen and oxygen atoms in total. The summed E-state index contributed by atoms with van der Waals surface area (Å²) in [5, 5.41) is 9.01. The van der Waals surface area contributed by atoms with Crippen molar-refractivity contribution in [1.82, 2.24) is 0 Å². The summed E-state index contributed by atoms with van der Waals surface area (Å²) in [6, 6.07) is 2.90. The molecular formula is C14H19NO6. The summed E-state index contributed by atoms with van der Waals surface area (Å²) in [5.41, 5.74) is 5.90.